The molecular weight excluding hydrogens is 369 g/mol. The molecule has 1 aliphatic rings. The summed E-state index contributed by atoms with van der Waals surface area (Å²) in [6.07, 6.45) is -6.53. The van der Waals surface area contributed by atoms with Crippen molar-refractivity contribution < 1.29 is 37.0 Å². The number of anilines is 1. The largest absolute Gasteiger partial charge is 0.451 e. The maximum absolute atomic E-state index is 12.6. The fourth-order valence-corrected chi connectivity index (χ4v) is 2.73. The number of esters is 1. The maximum Gasteiger partial charge on any atom is 0.422 e. The van der Waals surface area contributed by atoms with Crippen molar-refractivity contribution in [2.75, 3.05) is 18.1 Å². The van der Waals surface area contributed by atoms with E-state index in [9.17, 15) is 27.6 Å². The van der Waals surface area contributed by atoms with E-state index in [1.54, 1.807) is 12.1 Å². The molecule has 7 nitrogen and oxygen atoms in total. The smallest absolute Gasteiger partial charge is 0.422 e. The first-order valence-electron chi connectivity index (χ1n) is 8.16. The number of carbonyl (C=O) groups excluding carboxylic acids is 3. The first-order valence-corrected chi connectivity index (χ1v) is 8.16. The van der Waals surface area contributed by atoms with Crippen molar-refractivity contribution in [2.45, 2.75) is 38.6 Å². The number of halogens is 3. The van der Waals surface area contributed by atoms with E-state index in [-0.39, 0.29) is 6.04 Å². The third-order valence-corrected chi connectivity index (χ3v) is 3.84. The lowest BCUT2D eigenvalue weighted by atomic mass is 10.1. The zero-order valence-corrected chi connectivity index (χ0v) is 14.7. The molecule has 1 aromatic rings. The van der Waals surface area contributed by atoms with Crippen molar-refractivity contribution in [1.82, 2.24) is 5.32 Å². The lowest BCUT2D eigenvalue weighted by Crippen LogP contribution is -2.44. The van der Waals surface area contributed by atoms with E-state index >= 15 is 0 Å². The zero-order valence-electron chi connectivity index (χ0n) is 14.7. The summed E-state index contributed by atoms with van der Waals surface area (Å²) in [6, 6.07) is 7.26. The van der Waals surface area contributed by atoms with E-state index in [0.717, 1.165) is 11.3 Å². The third kappa shape index (κ3) is 5.60. The molecule has 10 heteroatoms. The number of ether oxygens (including phenoxy) is 2. The Morgan fingerprint density at radius 1 is 1.30 bits per heavy atom. The van der Waals surface area contributed by atoms with Gasteiger partial charge in [-0.2, -0.15) is 13.2 Å². The van der Waals surface area contributed by atoms with Crippen molar-refractivity contribution in [3.63, 3.8) is 0 Å². The Kier molecular flexibility index (Phi) is 6.29. The Balaban J connectivity index is 1.84. The van der Waals surface area contributed by atoms with Gasteiger partial charge in [-0.05, 0) is 31.9 Å². The summed E-state index contributed by atoms with van der Waals surface area (Å²) in [4.78, 5) is 37.0. The van der Waals surface area contributed by atoms with Crippen LogP contribution in [-0.2, 0) is 25.5 Å². The highest BCUT2D eigenvalue weighted by Crippen LogP contribution is 2.32. The number of carbonyl (C=O) groups is 3. The third-order valence-electron chi connectivity index (χ3n) is 3.84. The molecule has 0 spiro atoms. The van der Waals surface area contributed by atoms with Crippen molar-refractivity contribution in [2.24, 2.45) is 0 Å². The van der Waals surface area contributed by atoms with Gasteiger partial charge >= 0.3 is 18.2 Å². The van der Waals surface area contributed by atoms with Crippen LogP contribution in [0.5, 0.6) is 0 Å². The Bertz CT molecular complexity index is 723. The second-order valence-electron chi connectivity index (χ2n) is 6.07. The number of hydrogen-bond acceptors (Lipinski definition) is 5. The lowest BCUT2D eigenvalue weighted by molar-refractivity contribution is -0.160. The van der Waals surface area contributed by atoms with Gasteiger partial charge in [-0.15, -0.1) is 0 Å². The number of alkyl carbamates (subject to hydrolysis) is 1. The van der Waals surface area contributed by atoms with Gasteiger partial charge in [0.15, 0.2) is 12.7 Å². The molecule has 2 rings (SSSR count). The van der Waals surface area contributed by atoms with Gasteiger partial charge in [0.1, 0.15) is 6.54 Å². The summed E-state index contributed by atoms with van der Waals surface area (Å²) < 4.78 is 44.6. The number of rotatable bonds is 5. The number of hydrogen-bond donors (Lipinski definition) is 1. The van der Waals surface area contributed by atoms with Crippen LogP contribution in [0, 0.1) is 0 Å². The van der Waals surface area contributed by atoms with Gasteiger partial charge in [-0.25, -0.2) is 4.79 Å². The van der Waals surface area contributed by atoms with Crippen molar-refractivity contribution in [3.8, 4) is 0 Å². The monoisotopic (exact) mass is 388 g/mol. The summed E-state index contributed by atoms with van der Waals surface area (Å²) in [6.45, 7) is 0.760. The summed E-state index contributed by atoms with van der Waals surface area (Å²) >= 11 is 0. The van der Waals surface area contributed by atoms with E-state index in [4.69, 9.17) is 4.74 Å². The topological polar surface area (TPSA) is 84.9 Å². The minimum absolute atomic E-state index is 0.105. The molecule has 27 heavy (non-hydrogen) atoms. The number of nitrogens with zero attached hydrogens (tertiary/aromatic N) is 1. The van der Waals surface area contributed by atoms with Crippen LogP contribution in [0.3, 0.4) is 0 Å². The fourth-order valence-electron chi connectivity index (χ4n) is 2.73. The van der Waals surface area contributed by atoms with Gasteiger partial charge in [0, 0.05) is 11.7 Å². The molecular formula is C17H19F3N2O5. The van der Waals surface area contributed by atoms with Gasteiger partial charge in [0.2, 0.25) is 0 Å². The van der Waals surface area contributed by atoms with Crippen molar-refractivity contribution in [1.29, 1.82) is 0 Å². The summed E-state index contributed by atoms with van der Waals surface area (Å²) in [5, 5.41) is 1.83. The predicted molar refractivity (Wildman–Crippen MR) is 88.1 cm³/mol. The number of para-hydroxylation sites is 1. The molecule has 0 fully saturated rings. The Morgan fingerprint density at radius 3 is 2.63 bits per heavy atom. The van der Waals surface area contributed by atoms with Gasteiger partial charge in [0.05, 0.1) is 0 Å². The van der Waals surface area contributed by atoms with E-state index in [2.05, 4.69) is 4.74 Å². The Labute approximate surface area is 153 Å². The first-order chi connectivity index (χ1) is 12.6. The predicted octanol–water partition coefficient (Wildman–Crippen LogP) is 2.18. The van der Waals surface area contributed by atoms with Gasteiger partial charge in [-0.1, -0.05) is 18.2 Å². The molecule has 2 atom stereocenters. The standard InChI is InChI=1S/C17H19F3N2O5/c1-10-7-12-5-3-4-6-13(12)22(10)15(24)11(2)27-14(23)8-21-16(25)26-9-17(18,19)20/h3-6,10-11H,7-9H2,1-2H3,(H,21,25)/t10-,11-/m0/s1. The second-order valence-corrected chi connectivity index (χ2v) is 6.07. The molecule has 0 unspecified atom stereocenters. The van der Waals surface area contributed by atoms with E-state index in [1.165, 1.54) is 11.8 Å². The average Bonchev–Trinajstić information content (AvgIpc) is 2.92. The SMILES string of the molecule is C[C@H](OC(=O)CNC(=O)OCC(F)(F)F)C(=O)N1c2ccccc2C[C@@H]1C. The van der Waals surface area contributed by atoms with Gasteiger partial charge in [0.25, 0.3) is 5.91 Å². The number of benzene rings is 1. The number of amides is 2. The van der Waals surface area contributed by atoms with Crippen LogP contribution < -0.4 is 10.2 Å². The Morgan fingerprint density at radius 2 is 1.96 bits per heavy atom. The molecule has 0 saturated carbocycles. The highest BCUT2D eigenvalue weighted by Gasteiger charge is 2.34. The normalized spacial score (nSPS) is 17.1. The van der Waals surface area contributed by atoms with Gasteiger partial charge < -0.3 is 19.7 Å². The van der Waals surface area contributed by atoms with E-state index in [1.807, 2.05) is 24.4 Å². The zero-order chi connectivity index (χ0) is 20.2. The minimum Gasteiger partial charge on any atom is -0.451 e. The van der Waals surface area contributed by atoms with Gasteiger partial charge in [-0.3, -0.25) is 9.59 Å². The molecule has 0 bridgehead atoms. The summed E-state index contributed by atoms with van der Waals surface area (Å²) in [5.74, 6) is -1.40. The van der Waals surface area contributed by atoms with Crippen LogP contribution in [-0.4, -0.2) is 49.4 Å². The van der Waals surface area contributed by atoms with E-state index < -0.39 is 43.4 Å². The number of nitrogens with one attached hydrogen (secondary N) is 1. The molecule has 1 aromatic carbocycles. The molecule has 2 amide bonds. The molecule has 0 radical (unpaired) electrons. The molecule has 1 heterocycles. The first kappa shape index (κ1) is 20.5. The van der Waals surface area contributed by atoms with E-state index in [0.29, 0.717) is 6.42 Å². The average molecular weight is 388 g/mol. The van der Waals surface area contributed by atoms with Crippen LogP contribution in [0.25, 0.3) is 0 Å². The number of alkyl halides is 3. The quantitative estimate of drug-likeness (QED) is 0.782. The molecule has 1 aliphatic heterocycles. The molecule has 1 N–H and O–H groups in total. The van der Waals surface area contributed by atoms with Crippen LogP contribution in [0.2, 0.25) is 0 Å². The Hall–Kier alpha value is -2.78. The van der Waals surface area contributed by atoms with Crippen LogP contribution in [0.15, 0.2) is 24.3 Å². The fraction of sp³-hybridized carbons (Fsp3) is 0.471. The molecule has 148 valence electrons. The summed E-state index contributed by atoms with van der Waals surface area (Å²) in [5.41, 5.74) is 1.75. The highest BCUT2D eigenvalue weighted by molar-refractivity contribution is 5.99. The van der Waals surface area contributed by atoms with Crippen LogP contribution in [0.4, 0.5) is 23.7 Å². The molecule has 0 aromatic heterocycles. The number of fused-ring (bicyclic) bond motifs is 1. The highest BCUT2D eigenvalue weighted by atomic mass is 19.4. The summed E-state index contributed by atoms with van der Waals surface area (Å²) in [7, 11) is 0. The molecule has 0 aliphatic carbocycles. The molecule has 0 saturated heterocycles. The van der Waals surface area contributed by atoms with Crippen LogP contribution >= 0.6 is 0 Å². The lowest BCUT2D eigenvalue weighted by Gasteiger charge is -2.25. The van der Waals surface area contributed by atoms with Crippen molar-refractivity contribution >= 4 is 23.7 Å². The maximum atomic E-state index is 12.6. The van der Waals surface area contributed by atoms with Crippen molar-refractivity contribution in [3.05, 3.63) is 29.8 Å². The minimum atomic E-state index is -4.67. The second kappa shape index (κ2) is 8.28. The van der Waals surface area contributed by atoms with Crippen LogP contribution in [0.1, 0.15) is 19.4 Å².